The minimum Gasteiger partial charge on any atom is -0.446 e. The molecule has 6 nitrogen and oxygen atoms in total. The quantitative estimate of drug-likeness (QED) is 0.167. The largest absolute Gasteiger partial charge is 0.446 e. The molecule has 6 heteroatoms. The lowest BCUT2D eigenvalue weighted by Crippen LogP contribution is -2.50. The maximum Gasteiger partial charge on any atom is 0.407 e. The molecule has 44 heavy (non-hydrogen) atoms. The van der Waals surface area contributed by atoms with Gasteiger partial charge in [-0.2, -0.15) is 0 Å². The number of amides is 2. The molecule has 1 aliphatic heterocycles. The number of allylic oxidation sites excluding steroid dienone is 1. The topological polar surface area (TPSA) is 67.9 Å². The van der Waals surface area contributed by atoms with Gasteiger partial charge in [0.15, 0.2) is 0 Å². The van der Waals surface area contributed by atoms with Gasteiger partial charge in [-0.3, -0.25) is 4.79 Å². The highest BCUT2D eigenvalue weighted by Gasteiger charge is 2.58. The number of rotatable bonds is 13. The first-order chi connectivity index (χ1) is 21.2. The zero-order chi connectivity index (χ0) is 31.3. The number of unbranched alkanes of at least 4 members (excludes halogenated alkanes) is 5. The fraction of sp³-hybridized carbons (Fsp3) is 0.895. The highest BCUT2D eigenvalue weighted by atomic mass is 16.6. The molecule has 4 fully saturated rings. The number of likely N-dealkylation sites (tertiary alicyclic amines) is 1. The number of carbonyl (C=O) groups excluding carboxylic acids is 2. The summed E-state index contributed by atoms with van der Waals surface area (Å²) in [6, 6.07) is 0.0893. The Morgan fingerprint density at radius 2 is 1.75 bits per heavy atom. The minimum absolute atomic E-state index is 0.00886. The third-order valence-corrected chi connectivity index (χ3v) is 13.4. The molecule has 0 radical (unpaired) electrons. The Kier molecular flexibility index (Phi) is 11.4. The molecule has 1 N–H and O–H groups in total. The van der Waals surface area contributed by atoms with E-state index in [0.29, 0.717) is 18.6 Å². The predicted octanol–water partition coefficient (Wildman–Crippen LogP) is 8.83. The Morgan fingerprint density at radius 1 is 0.955 bits per heavy atom. The number of carbonyl (C=O) groups is 2. The van der Waals surface area contributed by atoms with Gasteiger partial charge in [-0.15, -0.1) is 0 Å². The van der Waals surface area contributed by atoms with E-state index in [1.807, 2.05) is 11.8 Å². The summed E-state index contributed by atoms with van der Waals surface area (Å²) in [7, 11) is 0. The lowest BCUT2D eigenvalue weighted by atomic mass is 9.47. The SMILES string of the molecule is CCCCCCCC[C@H]1CCC2C3CC=C4CC(OC(=O)NCC(=O)N5CC[C@H](OCC)[C@@H]5CC)CC[C@]4(C)C3CC[C@@]21C. The van der Waals surface area contributed by atoms with E-state index in [0.717, 1.165) is 55.8 Å². The molecule has 4 aliphatic carbocycles. The molecule has 1 heterocycles. The summed E-state index contributed by atoms with van der Waals surface area (Å²) in [6.07, 6.45) is 23.5. The first-order valence-corrected chi connectivity index (χ1v) is 18.8. The third kappa shape index (κ3) is 6.91. The summed E-state index contributed by atoms with van der Waals surface area (Å²) in [6.45, 7) is 12.9. The van der Waals surface area contributed by atoms with Crippen LogP contribution in [0.3, 0.4) is 0 Å². The summed E-state index contributed by atoms with van der Waals surface area (Å²) >= 11 is 0. The lowest BCUT2D eigenvalue weighted by Gasteiger charge is -2.58. The summed E-state index contributed by atoms with van der Waals surface area (Å²) in [5.74, 6) is 3.36. The van der Waals surface area contributed by atoms with Crippen molar-refractivity contribution in [3.05, 3.63) is 11.6 Å². The van der Waals surface area contributed by atoms with Crippen molar-refractivity contribution in [1.29, 1.82) is 0 Å². The van der Waals surface area contributed by atoms with Gasteiger partial charge in [0.05, 0.1) is 12.1 Å². The van der Waals surface area contributed by atoms with E-state index in [1.165, 1.54) is 82.6 Å². The molecular formula is C38H64N2O4. The fourth-order valence-electron chi connectivity index (χ4n) is 11.0. The van der Waals surface area contributed by atoms with Gasteiger partial charge in [0.2, 0.25) is 5.91 Å². The molecule has 0 aromatic rings. The van der Waals surface area contributed by atoms with Crippen LogP contribution in [0.2, 0.25) is 0 Å². The van der Waals surface area contributed by atoms with Crippen molar-refractivity contribution in [3.63, 3.8) is 0 Å². The zero-order valence-corrected chi connectivity index (χ0v) is 28.8. The van der Waals surface area contributed by atoms with Gasteiger partial charge in [-0.1, -0.05) is 77.9 Å². The van der Waals surface area contributed by atoms with Crippen LogP contribution < -0.4 is 5.32 Å². The van der Waals surface area contributed by atoms with Crippen molar-refractivity contribution in [2.45, 2.75) is 162 Å². The zero-order valence-electron chi connectivity index (χ0n) is 28.8. The number of hydrogen-bond donors (Lipinski definition) is 1. The fourth-order valence-corrected chi connectivity index (χ4v) is 11.0. The van der Waals surface area contributed by atoms with Crippen LogP contribution in [-0.2, 0) is 14.3 Å². The molecule has 3 saturated carbocycles. The van der Waals surface area contributed by atoms with Crippen LogP contribution >= 0.6 is 0 Å². The van der Waals surface area contributed by atoms with Crippen LogP contribution in [0.25, 0.3) is 0 Å². The Bertz CT molecular complexity index is 1010. The van der Waals surface area contributed by atoms with Crippen molar-refractivity contribution >= 4 is 12.0 Å². The van der Waals surface area contributed by atoms with Crippen molar-refractivity contribution in [1.82, 2.24) is 10.2 Å². The summed E-state index contributed by atoms with van der Waals surface area (Å²) in [5, 5.41) is 2.77. The molecular weight excluding hydrogens is 548 g/mol. The summed E-state index contributed by atoms with van der Waals surface area (Å²) < 4.78 is 11.8. The molecule has 5 aliphatic rings. The number of hydrogen-bond acceptors (Lipinski definition) is 4. The normalized spacial score (nSPS) is 38.0. The first-order valence-electron chi connectivity index (χ1n) is 18.8. The van der Waals surface area contributed by atoms with Crippen LogP contribution in [0.4, 0.5) is 4.79 Å². The second-order valence-corrected chi connectivity index (χ2v) is 15.6. The van der Waals surface area contributed by atoms with Gasteiger partial charge in [0, 0.05) is 19.6 Å². The van der Waals surface area contributed by atoms with Crippen molar-refractivity contribution in [3.8, 4) is 0 Å². The number of ether oxygens (including phenoxy) is 2. The van der Waals surface area contributed by atoms with E-state index in [4.69, 9.17) is 9.47 Å². The van der Waals surface area contributed by atoms with E-state index >= 15 is 0 Å². The summed E-state index contributed by atoms with van der Waals surface area (Å²) in [4.78, 5) is 27.6. The van der Waals surface area contributed by atoms with E-state index in [1.54, 1.807) is 0 Å². The van der Waals surface area contributed by atoms with Crippen LogP contribution in [-0.4, -0.2) is 54.8 Å². The molecule has 2 amide bonds. The monoisotopic (exact) mass is 612 g/mol. The number of alkyl carbamates (subject to hydrolysis) is 1. The average Bonchev–Trinajstić information content (AvgIpc) is 3.58. The number of nitrogens with one attached hydrogen (secondary N) is 1. The molecule has 5 rings (SSSR count). The van der Waals surface area contributed by atoms with E-state index in [2.05, 4.69) is 39.1 Å². The van der Waals surface area contributed by atoms with Crippen molar-refractivity contribution < 1.29 is 19.1 Å². The smallest absolute Gasteiger partial charge is 0.407 e. The van der Waals surface area contributed by atoms with Crippen LogP contribution in [0.5, 0.6) is 0 Å². The van der Waals surface area contributed by atoms with Gasteiger partial charge in [-0.25, -0.2) is 4.79 Å². The predicted molar refractivity (Wildman–Crippen MR) is 177 cm³/mol. The highest BCUT2D eigenvalue weighted by molar-refractivity contribution is 5.82. The Balaban J connectivity index is 1.10. The Morgan fingerprint density at radius 3 is 2.52 bits per heavy atom. The molecule has 1 saturated heterocycles. The van der Waals surface area contributed by atoms with Gasteiger partial charge >= 0.3 is 6.09 Å². The lowest BCUT2D eigenvalue weighted by molar-refractivity contribution is -0.132. The first kappa shape index (κ1) is 33.8. The van der Waals surface area contributed by atoms with Crippen LogP contribution in [0.1, 0.15) is 144 Å². The van der Waals surface area contributed by atoms with Crippen molar-refractivity contribution in [2.24, 2.45) is 34.5 Å². The number of nitrogens with zero attached hydrogens (tertiary/aromatic N) is 1. The minimum atomic E-state index is -0.453. The Hall–Kier alpha value is -1.56. The van der Waals surface area contributed by atoms with Crippen LogP contribution in [0, 0.1) is 34.5 Å². The standard InChI is InChI=1S/C38H64N2O4/c1-6-9-10-11-12-13-14-27-16-18-31-30-17-15-28-25-29(19-22-38(28,5)32(30)20-23-37(27,31)4)44-36(42)39-26-35(41)40-24-21-34(43-8-3)33(40)7-2/h15,27,29-34H,6-14,16-26H2,1-5H3,(H,39,42)/t27-,29?,30?,31?,32?,33-,34-,37+,38-/m0/s1. The molecule has 4 unspecified atom stereocenters. The Labute approximate surface area is 268 Å². The molecule has 0 bridgehead atoms. The van der Waals surface area contributed by atoms with Crippen LogP contribution in [0.15, 0.2) is 11.6 Å². The molecule has 0 spiro atoms. The number of fused-ring (bicyclic) bond motifs is 5. The molecule has 0 aromatic carbocycles. The van der Waals surface area contributed by atoms with E-state index in [-0.39, 0.29) is 36.1 Å². The second kappa shape index (κ2) is 14.9. The maximum atomic E-state index is 12.9. The van der Waals surface area contributed by atoms with Crippen molar-refractivity contribution in [2.75, 3.05) is 19.7 Å². The van der Waals surface area contributed by atoms with E-state index < -0.39 is 6.09 Å². The molecule has 250 valence electrons. The third-order valence-electron chi connectivity index (χ3n) is 13.4. The average molecular weight is 613 g/mol. The highest BCUT2D eigenvalue weighted by Crippen LogP contribution is 2.66. The van der Waals surface area contributed by atoms with E-state index in [9.17, 15) is 9.59 Å². The second-order valence-electron chi connectivity index (χ2n) is 15.6. The maximum absolute atomic E-state index is 12.9. The van der Waals surface area contributed by atoms with Gasteiger partial charge in [0.1, 0.15) is 12.6 Å². The molecule has 0 aromatic heterocycles. The summed E-state index contributed by atoms with van der Waals surface area (Å²) in [5.41, 5.74) is 2.32. The van der Waals surface area contributed by atoms with Gasteiger partial charge in [0.25, 0.3) is 0 Å². The molecule has 9 atom stereocenters. The van der Waals surface area contributed by atoms with Gasteiger partial charge < -0.3 is 19.7 Å². The van der Waals surface area contributed by atoms with Gasteiger partial charge in [-0.05, 0) is 106 Å².